The van der Waals surface area contributed by atoms with Crippen LogP contribution in [0.15, 0.2) is 48.5 Å². The maximum Gasteiger partial charge on any atom is 0.352 e. The minimum atomic E-state index is -4.26. The van der Waals surface area contributed by atoms with Gasteiger partial charge in [0, 0.05) is 18.3 Å². The van der Waals surface area contributed by atoms with Gasteiger partial charge in [-0.3, -0.25) is 4.57 Å². The van der Waals surface area contributed by atoms with Crippen LogP contribution in [0.2, 0.25) is 0 Å². The SMILES string of the molecule is CN1c2ccccc2-c2ccccc2C1P(=O)(O)O. The third-order valence-electron chi connectivity index (χ3n) is 3.50. The topological polar surface area (TPSA) is 60.8 Å². The van der Waals surface area contributed by atoms with Gasteiger partial charge < -0.3 is 14.7 Å². The number of hydrogen-bond acceptors (Lipinski definition) is 2. The highest BCUT2D eigenvalue weighted by Crippen LogP contribution is 2.59. The lowest BCUT2D eigenvalue weighted by molar-refractivity contribution is 0.357. The Morgan fingerprint density at radius 1 is 1.00 bits per heavy atom. The van der Waals surface area contributed by atoms with E-state index in [1.807, 2.05) is 42.5 Å². The maximum absolute atomic E-state index is 11.8. The normalized spacial score (nSPS) is 17.8. The number of benzene rings is 2. The van der Waals surface area contributed by atoms with E-state index in [1.54, 1.807) is 18.0 Å². The molecule has 0 bridgehead atoms. The van der Waals surface area contributed by atoms with Crippen molar-refractivity contribution in [3.8, 4) is 11.1 Å². The van der Waals surface area contributed by atoms with Gasteiger partial charge in [0.2, 0.25) is 0 Å². The molecule has 0 saturated carbocycles. The van der Waals surface area contributed by atoms with Crippen molar-refractivity contribution < 1.29 is 14.4 Å². The van der Waals surface area contributed by atoms with Crippen LogP contribution in [0.5, 0.6) is 0 Å². The lowest BCUT2D eigenvalue weighted by Crippen LogP contribution is -2.28. The second kappa shape index (κ2) is 4.20. The Morgan fingerprint density at radius 3 is 2.26 bits per heavy atom. The van der Waals surface area contributed by atoms with Crippen LogP contribution in [0.1, 0.15) is 11.3 Å². The minimum Gasteiger partial charge on any atom is -0.356 e. The van der Waals surface area contributed by atoms with Gasteiger partial charge in [0.05, 0.1) is 0 Å². The van der Waals surface area contributed by atoms with Crippen molar-refractivity contribution in [2.24, 2.45) is 0 Å². The molecule has 19 heavy (non-hydrogen) atoms. The smallest absolute Gasteiger partial charge is 0.352 e. The van der Waals surface area contributed by atoms with Crippen molar-refractivity contribution in [1.82, 2.24) is 0 Å². The largest absolute Gasteiger partial charge is 0.356 e. The summed E-state index contributed by atoms with van der Waals surface area (Å²) in [5.41, 5.74) is 3.42. The molecule has 2 aromatic rings. The molecule has 1 atom stereocenters. The lowest BCUT2D eigenvalue weighted by atomic mass is 9.93. The van der Waals surface area contributed by atoms with Crippen LogP contribution in [0, 0.1) is 0 Å². The second-order valence-electron chi connectivity index (χ2n) is 4.68. The number of anilines is 1. The Kier molecular flexibility index (Phi) is 2.75. The van der Waals surface area contributed by atoms with E-state index in [2.05, 4.69) is 0 Å². The molecule has 2 N–H and O–H groups in total. The Bertz CT molecular complexity index is 680. The summed E-state index contributed by atoms with van der Waals surface area (Å²) in [4.78, 5) is 21.0. The Morgan fingerprint density at radius 2 is 1.58 bits per heavy atom. The molecule has 0 spiro atoms. The summed E-state index contributed by atoms with van der Waals surface area (Å²) in [6.45, 7) is 0. The third-order valence-corrected chi connectivity index (χ3v) is 4.76. The average molecular weight is 275 g/mol. The molecule has 98 valence electrons. The van der Waals surface area contributed by atoms with Crippen LogP contribution in [0.3, 0.4) is 0 Å². The molecule has 0 amide bonds. The molecule has 3 rings (SSSR count). The van der Waals surface area contributed by atoms with Gasteiger partial charge in [-0.15, -0.1) is 0 Å². The third kappa shape index (κ3) is 1.89. The number of para-hydroxylation sites is 1. The van der Waals surface area contributed by atoms with Crippen molar-refractivity contribution in [2.45, 2.75) is 5.78 Å². The zero-order chi connectivity index (χ0) is 13.6. The Hall–Kier alpha value is -1.61. The van der Waals surface area contributed by atoms with E-state index in [-0.39, 0.29) is 0 Å². The summed E-state index contributed by atoms with van der Waals surface area (Å²) in [5, 5.41) is 0. The van der Waals surface area contributed by atoms with Gasteiger partial charge in [-0.25, -0.2) is 0 Å². The molecule has 0 radical (unpaired) electrons. The van der Waals surface area contributed by atoms with Gasteiger partial charge >= 0.3 is 7.60 Å². The fourth-order valence-corrected chi connectivity index (χ4v) is 3.89. The molecule has 0 fully saturated rings. The van der Waals surface area contributed by atoms with Crippen molar-refractivity contribution in [3.05, 3.63) is 54.1 Å². The zero-order valence-electron chi connectivity index (χ0n) is 10.4. The summed E-state index contributed by atoms with van der Waals surface area (Å²) >= 11 is 0. The first-order valence-corrected chi connectivity index (χ1v) is 7.64. The molecule has 2 aromatic carbocycles. The standard InChI is InChI=1S/C14H14NO3P/c1-15-13-9-5-4-7-11(13)10-6-2-3-8-12(10)14(15)19(16,17)18/h2-9,14H,1H3,(H2,16,17,18). The van der Waals surface area contributed by atoms with E-state index in [4.69, 9.17) is 0 Å². The molecule has 1 aliphatic heterocycles. The summed E-state index contributed by atoms with van der Waals surface area (Å²) < 4.78 is 11.8. The van der Waals surface area contributed by atoms with Crippen molar-refractivity contribution in [2.75, 3.05) is 11.9 Å². The van der Waals surface area contributed by atoms with Crippen molar-refractivity contribution in [1.29, 1.82) is 0 Å². The van der Waals surface area contributed by atoms with Gasteiger partial charge in [-0.1, -0.05) is 42.5 Å². The Labute approximate surface area is 111 Å². The van der Waals surface area contributed by atoms with Gasteiger partial charge in [-0.2, -0.15) is 0 Å². The summed E-state index contributed by atoms with van der Waals surface area (Å²) in [6.07, 6.45) is 0. The van der Waals surface area contributed by atoms with Crippen LogP contribution in [-0.2, 0) is 4.57 Å². The van der Waals surface area contributed by atoms with E-state index in [0.29, 0.717) is 5.56 Å². The molecule has 0 aliphatic carbocycles. The zero-order valence-corrected chi connectivity index (χ0v) is 11.3. The van der Waals surface area contributed by atoms with Crippen molar-refractivity contribution >= 4 is 13.3 Å². The highest BCUT2D eigenvalue weighted by Gasteiger charge is 2.39. The van der Waals surface area contributed by atoms with Gasteiger partial charge in [0.1, 0.15) is 0 Å². The number of fused-ring (bicyclic) bond motifs is 3. The first kappa shape index (κ1) is 12.4. The van der Waals surface area contributed by atoms with Gasteiger partial charge in [0.25, 0.3) is 0 Å². The van der Waals surface area contributed by atoms with Crippen molar-refractivity contribution in [3.63, 3.8) is 0 Å². The summed E-state index contributed by atoms with van der Waals surface area (Å²) in [5.74, 6) is -0.918. The first-order chi connectivity index (χ1) is 9.00. The minimum absolute atomic E-state index is 0.678. The second-order valence-corrected chi connectivity index (χ2v) is 6.35. The molecule has 1 aliphatic rings. The van der Waals surface area contributed by atoms with E-state index in [9.17, 15) is 14.4 Å². The molecule has 4 nitrogen and oxygen atoms in total. The van der Waals surface area contributed by atoms with E-state index < -0.39 is 13.4 Å². The summed E-state index contributed by atoms with van der Waals surface area (Å²) in [7, 11) is -2.54. The number of nitrogens with zero attached hydrogens (tertiary/aromatic N) is 1. The van der Waals surface area contributed by atoms with E-state index >= 15 is 0 Å². The Balaban J connectivity index is 2.33. The fourth-order valence-electron chi connectivity index (χ4n) is 2.72. The van der Waals surface area contributed by atoms with Gasteiger partial charge in [0.15, 0.2) is 5.78 Å². The fraction of sp³-hybridized carbons (Fsp3) is 0.143. The highest BCUT2D eigenvalue weighted by atomic mass is 31.2. The average Bonchev–Trinajstić information content (AvgIpc) is 2.38. The molecular weight excluding hydrogens is 261 g/mol. The molecule has 1 heterocycles. The van der Waals surface area contributed by atoms with E-state index in [0.717, 1.165) is 16.8 Å². The number of rotatable bonds is 1. The van der Waals surface area contributed by atoms with Crippen LogP contribution in [-0.4, -0.2) is 16.8 Å². The maximum atomic E-state index is 11.8. The molecule has 5 heteroatoms. The highest BCUT2D eigenvalue weighted by molar-refractivity contribution is 7.52. The lowest BCUT2D eigenvalue weighted by Gasteiger charge is -2.37. The van der Waals surface area contributed by atoms with Crippen LogP contribution >= 0.6 is 7.60 Å². The molecule has 1 unspecified atom stereocenters. The summed E-state index contributed by atoms with van der Waals surface area (Å²) in [6, 6.07) is 15.0. The predicted octanol–water partition coefficient (Wildman–Crippen LogP) is 2.98. The molecule has 0 saturated heterocycles. The van der Waals surface area contributed by atoms with Gasteiger partial charge in [-0.05, 0) is 17.2 Å². The number of hydrogen-bond donors (Lipinski definition) is 2. The van der Waals surface area contributed by atoms with Crippen LogP contribution < -0.4 is 4.90 Å². The van der Waals surface area contributed by atoms with E-state index in [1.165, 1.54) is 0 Å². The van der Waals surface area contributed by atoms with Crippen LogP contribution in [0.4, 0.5) is 5.69 Å². The first-order valence-electron chi connectivity index (χ1n) is 5.96. The molecular formula is C14H14NO3P. The monoisotopic (exact) mass is 275 g/mol. The quantitative estimate of drug-likeness (QED) is 0.785. The van der Waals surface area contributed by atoms with Crippen LogP contribution in [0.25, 0.3) is 11.1 Å². The molecule has 0 aromatic heterocycles. The predicted molar refractivity (Wildman–Crippen MR) is 75.1 cm³/mol.